The summed E-state index contributed by atoms with van der Waals surface area (Å²) in [5.74, 6) is 0. The Labute approximate surface area is 82.0 Å². The highest BCUT2D eigenvalue weighted by Crippen LogP contribution is 2.31. The third kappa shape index (κ3) is 1.68. The maximum absolute atomic E-state index is 5.45. The topological polar surface area (TPSA) is 9.23 Å². The monoisotopic (exact) mass is 192 g/mol. The molecule has 0 saturated carbocycles. The molecule has 2 aromatic rings. The normalized spacial score (nSPS) is 10.6. The molecule has 0 spiro atoms. The van der Waals surface area contributed by atoms with E-state index in [0.29, 0.717) is 0 Å². The molecule has 0 bridgehead atoms. The second-order valence-corrected chi connectivity index (χ2v) is 4.09. The Balaban J connectivity index is 2.49. The Bertz CT molecular complexity index is 417. The quantitative estimate of drug-likeness (QED) is 0.706. The van der Waals surface area contributed by atoms with Crippen LogP contribution in [-0.4, -0.2) is 6.61 Å². The van der Waals surface area contributed by atoms with Crippen molar-refractivity contribution in [3.63, 3.8) is 0 Å². The van der Waals surface area contributed by atoms with Gasteiger partial charge in [-0.25, -0.2) is 0 Å². The molecule has 0 aliphatic carbocycles. The van der Waals surface area contributed by atoms with E-state index in [1.54, 1.807) is 11.3 Å². The first-order valence-electron chi connectivity index (χ1n) is 4.42. The first-order valence-corrected chi connectivity index (χ1v) is 5.24. The molecular formula is C11H12OS. The SMILES string of the molecule is CCOc1cc2cc(C)ccc2s1. The highest BCUT2D eigenvalue weighted by molar-refractivity contribution is 7.20. The van der Waals surface area contributed by atoms with Crippen LogP contribution in [0, 0.1) is 6.92 Å². The van der Waals surface area contributed by atoms with Crippen molar-refractivity contribution in [3.05, 3.63) is 29.8 Å². The van der Waals surface area contributed by atoms with E-state index in [-0.39, 0.29) is 0 Å². The summed E-state index contributed by atoms with van der Waals surface area (Å²) in [5, 5.41) is 2.30. The number of aryl methyl sites for hydroxylation is 1. The minimum absolute atomic E-state index is 0.742. The number of rotatable bonds is 2. The van der Waals surface area contributed by atoms with Crippen molar-refractivity contribution in [2.75, 3.05) is 6.61 Å². The zero-order chi connectivity index (χ0) is 9.26. The summed E-state index contributed by atoms with van der Waals surface area (Å²) in [4.78, 5) is 0. The zero-order valence-electron chi connectivity index (χ0n) is 7.83. The van der Waals surface area contributed by atoms with Crippen LogP contribution in [0.4, 0.5) is 0 Å². The lowest BCUT2D eigenvalue weighted by atomic mass is 10.2. The van der Waals surface area contributed by atoms with Crippen LogP contribution in [0.2, 0.25) is 0 Å². The van der Waals surface area contributed by atoms with E-state index < -0.39 is 0 Å². The summed E-state index contributed by atoms with van der Waals surface area (Å²) in [7, 11) is 0. The van der Waals surface area contributed by atoms with Gasteiger partial charge < -0.3 is 4.74 Å². The van der Waals surface area contributed by atoms with E-state index in [1.807, 2.05) is 6.92 Å². The minimum atomic E-state index is 0.742. The van der Waals surface area contributed by atoms with Gasteiger partial charge in [0.05, 0.1) is 6.61 Å². The van der Waals surface area contributed by atoms with E-state index in [9.17, 15) is 0 Å². The van der Waals surface area contributed by atoms with Gasteiger partial charge in [-0.1, -0.05) is 29.0 Å². The van der Waals surface area contributed by atoms with E-state index in [2.05, 4.69) is 31.2 Å². The first-order chi connectivity index (χ1) is 6.29. The van der Waals surface area contributed by atoms with Gasteiger partial charge in [0.25, 0.3) is 0 Å². The van der Waals surface area contributed by atoms with Gasteiger partial charge >= 0.3 is 0 Å². The molecule has 1 aromatic carbocycles. The summed E-state index contributed by atoms with van der Waals surface area (Å²) < 4.78 is 6.75. The van der Waals surface area contributed by atoms with Crippen molar-refractivity contribution in [2.45, 2.75) is 13.8 Å². The molecule has 1 heterocycles. The van der Waals surface area contributed by atoms with Crippen LogP contribution in [0.5, 0.6) is 5.06 Å². The fourth-order valence-electron chi connectivity index (χ4n) is 1.35. The number of fused-ring (bicyclic) bond motifs is 1. The molecule has 0 radical (unpaired) electrons. The molecule has 1 aromatic heterocycles. The number of benzene rings is 1. The number of ether oxygens (including phenoxy) is 1. The Hall–Kier alpha value is -1.02. The molecule has 0 unspecified atom stereocenters. The smallest absolute Gasteiger partial charge is 0.174 e. The van der Waals surface area contributed by atoms with Crippen LogP contribution >= 0.6 is 11.3 Å². The molecule has 0 saturated heterocycles. The van der Waals surface area contributed by atoms with Crippen molar-refractivity contribution in [1.82, 2.24) is 0 Å². The predicted molar refractivity (Wildman–Crippen MR) is 57.7 cm³/mol. The summed E-state index contributed by atoms with van der Waals surface area (Å²) in [5.41, 5.74) is 1.30. The largest absolute Gasteiger partial charge is 0.484 e. The van der Waals surface area contributed by atoms with Gasteiger partial charge in [-0.2, -0.15) is 0 Å². The molecule has 0 fully saturated rings. The standard InChI is InChI=1S/C11H12OS/c1-3-12-11-7-9-6-8(2)4-5-10(9)13-11/h4-7H,3H2,1-2H3. The van der Waals surface area contributed by atoms with E-state index in [4.69, 9.17) is 4.74 Å². The number of hydrogen-bond donors (Lipinski definition) is 0. The summed E-state index contributed by atoms with van der Waals surface area (Å²) in [6.45, 7) is 4.86. The average Bonchev–Trinajstić information content (AvgIpc) is 2.46. The van der Waals surface area contributed by atoms with Gasteiger partial charge in [0, 0.05) is 4.70 Å². The molecule has 0 aliphatic rings. The van der Waals surface area contributed by atoms with Gasteiger partial charge in [-0.05, 0) is 31.4 Å². The molecule has 0 amide bonds. The van der Waals surface area contributed by atoms with Crippen LogP contribution in [0.25, 0.3) is 10.1 Å². The van der Waals surface area contributed by atoms with Gasteiger partial charge in [-0.15, -0.1) is 0 Å². The second-order valence-electron chi connectivity index (χ2n) is 3.04. The lowest BCUT2D eigenvalue weighted by Crippen LogP contribution is -1.86. The van der Waals surface area contributed by atoms with E-state index >= 15 is 0 Å². The van der Waals surface area contributed by atoms with Crippen molar-refractivity contribution in [3.8, 4) is 5.06 Å². The maximum Gasteiger partial charge on any atom is 0.174 e. The highest BCUT2D eigenvalue weighted by atomic mass is 32.1. The van der Waals surface area contributed by atoms with Crippen molar-refractivity contribution in [2.24, 2.45) is 0 Å². The average molecular weight is 192 g/mol. The third-order valence-electron chi connectivity index (χ3n) is 1.94. The summed E-state index contributed by atoms with van der Waals surface area (Å²) in [6.07, 6.45) is 0. The number of hydrogen-bond acceptors (Lipinski definition) is 2. The fourth-order valence-corrected chi connectivity index (χ4v) is 2.30. The zero-order valence-corrected chi connectivity index (χ0v) is 8.65. The summed E-state index contributed by atoms with van der Waals surface area (Å²) in [6, 6.07) is 8.58. The molecule has 68 valence electrons. The maximum atomic E-state index is 5.45. The molecule has 1 nitrogen and oxygen atoms in total. The van der Waals surface area contributed by atoms with E-state index in [0.717, 1.165) is 11.7 Å². The highest BCUT2D eigenvalue weighted by Gasteiger charge is 2.01. The Morgan fingerprint density at radius 1 is 1.31 bits per heavy atom. The second kappa shape index (κ2) is 3.38. The van der Waals surface area contributed by atoms with Gasteiger partial charge in [-0.3, -0.25) is 0 Å². The number of thiophene rings is 1. The van der Waals surface area contributed by atoms with Gasteiger partial charge in [0.15, 0.2) is 5.06 Å². The predicted octanol–water partition coefficient (Wildman–Crippen LogP) is 3.61. The Kier molecular flexibility index (Phi) is 2.23. The van der Waals surface area contributed by atoms with Gasteiger partial charge in [0.1, 0.15) is 0 Å². The van der Waals surface area contributed by atoms with Crippen molar-refractivity contribution < 1.29 is 4.74 Å². The molecule has 0 N–H and O–H groups in total. The molecule has 2 heteroatoms. The van der Waals surface area contributed by atoms with Crippen LogP contribution in [-0.2, 0) is 0 Å². The molecule has 0 atom stereocenters. The van der Waals surface area contributed by atoms with Crippen LogP contribution in [0.3, 0.4) is 0 Å². The third-order valence-corrected chi connectivity index (χ3v) is 2.96. The Morgan fingerprint density at radius 2 is 2.15 bits per heavy atom. The fraction of sp³-hybridized carbons (Fsp3) is 0.273. The van der Waals surface area contributed by atoms with Crippen molar-refractivity contribution >= 4 is 21.4 Å². The van der Waals surface area contributed by atoms with E-state index in [1.165, 1.54) is 15.6 Å². The van der Waals surface area contributed by atoms with Crippen LogP contribution in [0.15, 0.2) is 24.3 Å². The molecule has 13 heavy (non-hydrogen) atoms. The first kappa shape index (κ1) is 8.57. The van der Waals surface area contributed by atoms with Crippen LogP contribution < -0.4 is 4.74 Å². The molecular weight excluding hydrogens is 180 g/mol. The lowest BCUT2D eigenvalue weighted by molar-refractivity contribution is 0.350. The molecule has 2 rings (SSSR count). The van der Waals surface area contributed by atoms with Gasteiger partial charge in [0.2, 0.25) is 0 Å². The lowest BCUT2D eigenvalue weighted by Gasteiger charge is -1.93. The van der Waals surface area contributed by atoms with Crippen LogP contribution in [0.1, 0.15) is 12.5 Å². The minimum Gasteiger partial charge on any atom is -0.484 e. The van der Waals surface area contributed by atoms with Crippen molar-refractivity contribution in [1.29, 1.82) is 0 Å². The summed E-state index contributed by atoms with van der Waals surface area (Å²) >= 11 is 1.71. The molecule has 0 aliphatic heterocycles. The Morgan fingerprint density at radius 3 is 2.92 bits per heavy atom.